The Balaban J connectivity index is 2.23. The quantitative estimate of drug-likeness (QED) is 0.780. The Morgan fingerprint density at radius 1 is 1.50 bits per heavy atom. The second-order valence-corrected chi connectivity index (χ2v) is 4.48. The summed E-state index contributed by atoms with van der Waals surface area (Å²) in [6.45, 7) is 2.56. The lowest BCUT2D eigenvalue weighted by Gasteiger charge is -2.10. The topological polar surface area (TPSA) is 55.1 Å². The molecule has 0 saturated carbocycles. The fourth-order valence-electron chi connectivity index (χ4n) is 1.82. The van der Waals surface area contributed by atoms with Gasteiger partial charge in [-0.25, -0.2) is 4.39 Å². The van der Waals surface area contributed by atoms with Gasteiger partial charge in [0.2, 0.25) is 5.91 Å². The summed E-state index contributed by atoms with van der Waals surface area (Å²) in [7, 11) is 0. The Morgan fingerprint density at radius 3 is 2.94 bits per heavy atom. The second kappa shape index (κ2) is 7.82. The Labute approximate surface area is 108 Å². The number of hydrogen-bond donors (Lipinski definition) is 2. The molecule has 0 aliphatic carbocycles. The summed E-state index contributed by atoms with van der Waals surface area (Å²) in [6.07, 6.45) is 2.83. The highest BCUT2D eigenvalue weighted by Gasteiger charge is 2.07. The summed E-state index contributed by atoms with van der Waals surface area (Å²) >= 11 is 0. The molecule has 1 unspecified atom stereocenters. The smallest absolute Gasteiger partial charge is 0.221 e. The van der Waals surface area contributed by atoms with Gasteiger partial charge in [0.25, 0.3) is 0 Å². The standard InChI is InChI=1S/C14H21FN2O/c1-2-4-13(16)10-14(18)17-8-7-11-5-3-6-12(15)9-11/h3,5-6,9,13H,2,4,7-8,10,16H2,1H3,(H,17,18). The average molecular weight is 252 g/mol. The van der Waals surface area contributed by atoms with Crippen molar-refractivity contribution in [3.63, 3.8) is 0 Å². The molecule has 1 aromatic carbocycles. The summed E-state index contributed by atoms with van der Waals surface area (Å²) in [4.78, 5) is 11.5. The molecule has 0 radical (unpaired) electrons. The molecule has 1 aromatic rings. The van der Waals surface area contributed by atoms with Crippen LogP contribution >= 0.6 is 0 Å². The van der Waals surface area contributed by atoms with Crippen LogP contribution in [0.2, 0.25) is 0 Å². The Hall–Kier alpha value is -1.42. The zero-order chi connectivity index (χ0) is 13.4. The number of benzene rings is 1. The first-order valence-corrected chi connectivity index (χ1v) is 6.38. The third-order valence-electron chi connectivity index (χ3n) is 2.73. The fourth-order valence-corrected chi connectivity index (χ4v) is 1.82. The molecule has 1 rings (SSSR count). The molecule has 1 amide bonds. The molecule has 100 valence electrons. The zero-order valence-electron chi connectivity index (χ0n) is 10.8. The van der Waals surface area contributed by atoms with E-state index in [0.717, 1.165) is 18.4 Å². The molecule has 18 heavy (non-hydrogen) atoms. The summed E-state index contributed by atoms with van der Waals surface area (Å²) < 4.78 is 12.9. The van der Waals surface area contributed by atoms with E-state index < -0.39 is 0 Å². The minimum absolute atomic E-state index is 0.0349. The van der Waals surface area contributed by atoms with E-state index >= 15 is 0 Å². The molecule has 0 aromatic heterocycles. The molecular weight excluding hydrogens is 231 g/mol. The summed E-state index contributed by atoms with van der Waals surface area (Å²) in [5.41, 5.74) is 6.66. The third-order valence-corrected chi connectivity index (χ3v) is 2.73. The lowest BCUT2D eigenvalue weighted by molar-refractivity contribution is -0.121. The van der Waals surface area contributed by atoms with Gasteiger partial charge in [0.05, 0.1) is 0 Å². The SMILES string of the molecule is CCCC(N)CC(=O)NCCc1cccc(F)c1. The molecule has 4 heteroatoms. The number of carbonyl (C=O) groups is 1. The van der Waals surface area contributed by atoms with Crippen LogP contribution < -0.4 is 11.1 Å². The third kappa shape index (κ3) is 5.77. The first-order chi connectivity index (χ1) is 8.61. The van der Waals surface area contributed by atoms with E-state index in [-0.39, 0.29) is 17.8 Å². The first kappa shape index (κ1) is 14.6. The second-order valence-electron chi connectivity index (χ2n) is 4.48. The average Bonchev–Trinajstić information content (AvgIpc) is 2.29. The van der Waals surface area contributed by atoms with Gasteiger partial charge in [0.15, 0.2) is 0 Å². The van der Waals surface area contributed by atoms with Crippen molar-refractivity contribution in [2.24, 2.45) is 5.73 Å². The van der Waals surface area contributed by atoms with Gasteiger partial charge in [-0.05, 0) is 30.5 Å². The number of rotatable bonds is 7. The van der Waals surface area contributed by atoms with Crippen molar-refractivity contribution in [3.8, 4) is 0 Å². The molecule has 0 aliphatic rings. The Morgan fingerprint density at radius 2 is 2.28 bits per heavy atom. The van der Waals surface area contributed by atoms with Gasteiger partial charge in [-0.3, -0.25) is 4.79 Å². The minimum Gasteiger partial charge on any atom is -0.356 e. The molecule has 0 aliphatic heterocycles. The predicted octanol–water partition coefficient (Wildman–Crippen LogP) is 2.00. The van der Waals surface area contributed by atoms with E-state index in [1.54, 1.807) is 6.07 Å². The number of amides is 1. The summed E-state index contributed by atoms with van der Waals surface area (Å²) in [5, 5.41) is 2.80. The lowest BCUT2D eigenvalue weighted by atomic mass is 10.1. The van der Waals surface area contributed by atoms with Crippen LogP contribution in [0.15, 0.2) is 24.3 Å². The van der Waals surface area contributed by atoms with Gasteiger partial charge >= 0.3 is 0 Å². The van der Waals surface area contributed by atoms with Crippen molar-refractivity contribution in [2.75, 3.05) is 6.54 Å². The maximum Gasteiger partial charge on any atom is 0.221 e. The van der Waals surface area contributed by atoms with Crippen molar-refractivity contribution in [1.29, 1.82) is 0 Å². The molecule has 3 nitrogen and oxygen atoms in total. The van der Waals surface area contributed by atoms with E-state index in [0.29, 0.717) is 19.4 Å². The Kier molecular flexibility index (Phi) is 6.36. The largest absolute Gasteiger partial charge is 0.356 e. The summed E-state index contributed by atoms with van der Waals surface area (Å²) in [5.74, 6) is -0.281. The van der Waals surface area contributed by atoms with Gasteiger partial charge in [0, 0.05) is 19.0 Å². The molecule has 0 saturated heterocycles. The highest BCUT2D eigenvalue weighted by Crippen LogP contribution is 2.03. The lowest BCUT2D eigenvalue weighted by Crippen LogP contribution is -2.32. The van der Waals surface area contributed by atoms with Gasteiger partial charge in [-0.1, -0.05) is 25.5 Å². The van der Waals surface area contributed by atoms with Crippen LogP contribution in [-0.2, 0) is 11.2 Å². The van der Waals surface area contributed by atoms with Crippen LogP contribution in [0.3, 0.4) is 0 Å². The van der Waals surface area contributed by atoms with Crippen LogP contribution in [0.1, 0.15) is 31.7 Å². The number of nitrogens with two attached hydrogens (primary N) is 1. The van der Waals surface area contributed by atoms with Crippen molar-refractivity contribution in [2.45, 2.75) is 38.6 Å². The van der Waals surface area contributed by atoms with Gasteiger partial charge < -0.3 is 11.1 Å². The predicted molar refractivity (Wildman–Crippen MR) is 70.6 cm³/mol. The van der Waals surface area contributed by atoms with Crippen LogP contribution in [0.5, 0.6) is 0 Å². The van der Waals surface area contributed by atoms with Crippen molar-refractivity contribution >= 4 is 5.91 Å². The van der Waals surface area contributed by atoms with Crippen LogP contribution in [-0.4, -0.2) is 18.5 Å². The molecule has 1 atom stereocenters. The number of carbonyl (C=O) groups excluding carboxylic acids is 1. The highest BCUT2D eigenvalue weighted by molar-refractivity contribution is 5.76. The maximum absolute atomic E-state index is 12.9. The minimum atomic E-state index is -0.246. The van der Waals surface area contributed by atoms with Crippen molar-refractivity contribution in [1.82, 2.24) is 5.32 Å². The molecular formula is C14H21FN2O. The Bertz CT molecular complexity index is 382. The van der Waals surface area contributed by atoms with Crippen LogP contribution in [0.25, 0.3) is 0 Å². The fraction of sp³-hybridized carbons (Fsp3) is 0.500. The molecule has 0 heterocycles. The van der Waals surface area contributed by atoms with Crippen LogP contribution in [0, 0.1) is 5.82 Å². The van der Waals surface area contributed by atoms with E-state index in [1.165, 1.54) is 12.1 Å². The normalized spacial score (nSPS) is 12.2. The molecule has 0 bridgehead atoms. The van der Waals surface area contributed by atoms with E-state index in [9.17, 15) is 9.18 Å². The molecule has 0 spiro atoms. The van der Waals surface area contributed by atoms with Gasteiger partial charge in [-0.2, -0.15) is 0 Å². The van der Waals surface area contributed by atoms with Crippen molar-refractivity contribution in [3.05, 3.63) is 35.6 Å². The van der Waals surface area contributed by atoms with Gasteiger partial charge in [-0.15, -0.1) is 0 Å². The molecule has 0 fully saturated rings. The maximum atomic E-state index is 12.9. The van der Waals surface area contributed by atoms with Crippen molar-refractivity contribution < 1.29 is 9.18 Å². The molecule has 3 N–H and O–H groups in total. The van der Waals surface area contributed by atoms with E-state index in [4.69, 9.17) is 5.73 Å². The van der Waals surface area contributed by atoms with Gasteiger partial charge in [0.1, 0.15) is 5.82 Å². The monoisotopic (exact) mass is 252 g/mol. The first-order valence-electron chi connectivity index (χ1n) is 6.38. The number of halogens is 1. The zero-order valence-corrected chi connectivity index (χ0v) is 10.8. The summed E-state index contributed by atoms with van der Waals surface area (Å²) in [6, 6.07) is 6.34. The number of hydrogen-bond acceptors (Lipinski definition) is 2. The highest BCUT2D eigenvalue weighted by atomic mass is 19.1. The van der Waals surface area contributed by atoms with E-state index in [2.05, 4.69) is 5.32 Å². The number of nitrogens with one attached hydrogen (secondary N) is 1. The van der Waals surface area contributed by atoms with E-state index in [1.807, 2.05) is 13.0 Å². The van der Waals surface area contributed by atoms with Crippen LogP contribution in [0.4, 0.5) is 4.39 Å².